The van der Waals surface area contributed by atoms with Gasteiger partial charge in [0.1, 0.15) is 0 Å². The van der Waals surface area contributed by atoms with E-state index in [1.807, 2.05) is 0 Å². The molecule has 0 N–H and O–H groups in total. The van der Waals surface area contributed by atoms with Crippen LogP contribution in [0.3, 0.4) is 0 Å². The second-order valence-corrected chi connectivity index (χ2v) is 15.7. The number of nitrogens with zero attached hydrogens (tertiary/aromatic N) is 2. The number of rotatable bonds is 6. The Balaban J connectivity index is 1.04. The van der Waals surface area contributed by atoms with Gasteiger partial charge in [0.15, 0.2) is 0 Å². The number of fused-ring (bicyclic) bond motifs is 7. The average Bonchev–Trinajstić information content (AvgIpc) is 3.84. The lowest BCUT2D eigenvalue weighted by Gasteiger charge is -2.15. The number of benzene rings is 10. The Labute approximate surface area is 348 Å². The summed E-state index contributed by atoms with van der Waals surface area (Å²) in [5, 5.41) is 7.47. The van der Waals surface area contributed by atoms with Gasteiger partial charge in [-0.1, -0.05) is 170 Å². The van der Waals surface area contributed by atoms with E-state index >= 15 is 0 Å². The number of hydrogen-bond acceptors (Lipinski definition) is 0. The molecule has 0 aliphatic carbocycles. The minimum atomic E-state index is 1.15. The van der Waals surface area contributed by atoms with E-state index in [0.29, 0.717) is 0 Å². The van der Waals surface area contributed by atoms with Gasteiger partial charge >= 0.3 is 0 Å². The van der Waals surface area contributed by atoms with Crippen molar-refractivity contribution >= 4 is 54.4 Å². The van der Waals surface area contributed by atoms with Crippen LogP contribution < -0.4 is 0 Å². The van der Waals surface area contributed by atoms with Crippen molar-refractivity contribution in [3.05, 3.63) is 231 Å². The molecular weight excluding hydrogens is 725 g/mol. The van der Waals surface area contributed by atoms with E-state index in [1.165, 1.54) is 98.9 Å². The van der Waals surface area contributed by atoms with Gasteiger partial charge in [0, 0.05) is 32.8 Å². The van der Waals surface area contributed by atoms with Gasteiger partial charge in [0.05, 0.1) is 27.8 Å². The lowest BCUT2D eigenvalue weighted by Crippen LogP contribution is -1.97. The highest BCUT2D eigenvalue weighted by Crippen LogP contribution is 2.42. The molecule has 0 bridgehead atoms. The molecule has 60 heavy (non-hydrogen) atoms. The van der Waals surface area contributed by atoms with Gasteiger partial charge in [-0.15, -0.1) is 0 Å². The second kappa shape index (κ2) is 13.9. The third-order valence-electron chi connectivity index (χ3n) is 12.3. The topological polar surface area (TPSA) is 9.86 Å². The molecule has 12 aromatic rings. The van der Waals surface area contributed by atoms with Gasteiger partial charge in [-0.3, -0.25) is 0 Å². The third kappa shape index (κ3) is 5.50. The Morgan fingerprint density at radius 3 is 1.52 bits per heavy atom. The van der Waals surface area contributed by atoms with Crippen molar-refractivity contribution in [2.45, 2.75) is 0 Å². The van der Waals surface area contributed by atoms with E-state index < -0.39 is 0 Å². The van der Waals surface area contributed by atoms with E-state index in [1.54, 1.807) is 0 Å². The molecule has 2 heteroatoms. The highest BCUT2D eigenvalue weighted by Gasteiger charge is 2.20. The highest BCUT2D eigenvalue weighted by molar-refractivity contribution is 6.16. The molecule has 0 saturated carbocycles. The molecule has 0 unspecified atom stereocenters. The summed E-state index contributed by atoms with van der Waals surface area (Å²) < 4.78 is 4.89. The van der Waals surface area contributed by atoms with Crippen LogP contribution in [0.25, 0.3) is 110 Å². The van der Waals surface area contributed by atoms with Gasteiger partial charge in [0.25, 0.3) is 0 Å². The van der Waals surface area contributed by atoms with Gasteiger partial charge < -0.3 is 9.13 Å². The van der Waals surface area contributed by atoms with Gasteiger partial charge in [0.2, 0.25) is 0 Å². The third-order valence-corrected chi connectivity index (χ3v) is 12.3. The van der Waals surface area contributed by atoms with Gasteiger partial charge in [-0.05, 0) is 110 Å². The van der Waals surface area contributed by atoms with E-state index in [9.17, 15) is 0 Å². The Hall–Kier alpha value is -7.94. The quantitative estimate of drug-likeness (QED) is 0.160. The lowest BCUT2D eigenvalue weighted by molar-refractivity contribution is 1.18. The molecule has 2 nitrogen and oxygen atoms in total. The first-order valence-corrected chi connectivity index (χ1v) is 20.7. The van der Waals surface area contributed by atoms with Crippen LogP contribution in [0.2, 0.25) is 0 Å². The molecule has 0 radical (unpaired) electrons. The fraction of sp³-hybridized carbons (Fsp3) is 0. The molecular formula is C58H38N2. The predicted molar refractivity (Wildman–Crippen MR) is 254 cm³/mol. The van der Waals surface area contributed by atoms with Crippen LogP contribution in [-0.4, -0.2) is 9.13 Å². The maximum Gasteiger partial charge on any atom is 0.0547 e. The molecule has 0 aliphatic rings. The molecule has 10 aromatic carbocycles. The maximum atomic E-state index is 2.47. The SMILES string of the molecule is c1ccc(-c2ccc3c(c2)c2cc(-c4ccccc4)ccc2n3-c2ccccc2-c2cccc(-c3cccc4c3c3ccccc3n4-c3ccc4ccccc4c3)c2)cc1. The second-order valence-electron chi connectivity index (χ2n) is 15.7. The summed E-state index contributed by atoms with van der Waals surface area (Å²) in [6.45, 7) is 0. The van der Waals surface area contributed by atoms with Crippen molar-refractivity contribution < 1.29 is 0 Å². The molecule has 0 amide bonds. The number of para-hydroxylation sites is 2. The summed E-state index contributed by atoms with van der Waals surface area (Å²) in [6, 6.07) is 84.3. The smallest absolute Gasteiger partial charge is 0.0547 e. The van der Waals surface area contributed by atoms with E-state index in [0.717, 1.165) is 11.4 Å². The van der Waals surface area contributed by atoms with Gasteiger partial charge in [-0.2, -0.15) is 0 Å². The summed E-state index contributed by atoms with van der Waals surface area (Å²) >= 11 is 0. The Morgan fingerprint density at radius 1 is 0.250 bits per heavy atom. The van der Waals surface area contributed by atoms with Crippen LogP contribution in [0.15, 0.2) is 231 Å². The molecule has 0 fully saturated rings. The van der Waals surface area contributed by atoms with E-state index in [2.05, 4.69) is 240 Å². The summed E-state index contributed by atoms with van der Waals surface area (Å²) in [7, 11) is 0. The predicted octanol–water partition coefficient (Wildman–Crippen LogP) is 15.7. The normalized spacial score (nSPS) is 11.7. The zero-order valence-electron chi connectivity index (χ0n) is 32.8. The molecule has 2 aromatic heterocycles. The number of aromatic nitrogens is 2. The Kier molecular flexibility index (Phi) is 7.89. The fourth-order valence-corrected chi connectivity index (χ4v) is 9.52. The molecule has 2 heterocycles. The summed E-state index contributed by atoms with van der Waals surface area (Å²) in [5.41, 5.74) is 16.7. The lowest BCUT2D eigenvalue weighted by atomic mass is 9.95. The zero-order chi connectivity index (χ0) is 39.6. The van der Waals surface area contributed by atoms with Crippen molar-refractivity contribution in [3.8, 4) is 55.9 Å². The van der Waals surface area contributed by atoms with Crippen LogP contribution >= 0.6 is 0 Å². The first-order chi connectivity index (χ1) is 29.8. The molecule has 0 spiro atoms. The molecule has 280 valence electrons. The standard InChI is InChI=1S/C58H38N2/c1-3-15-39(16-4-1)43-30-33-55-51(37-43)52-38-44(40-17-5-2-6-18-40)31-34-56(52)60(55)53-26-11-9-23-48(53)45-21-13-22-46(35-45)49-25-14-28-57-58(49)50-24-10-12-27-54(50)59(57)47-32-29-41-19-7-8-20-42(41)36-47/h1-38H. The zero-order valence-corrected chi connectivity index (χ0v) is 32.8. The Bertz CT molecular complexity index is 3490. The minimum Gasteiger partial charge on any atom is -0.309 e. The summed E-state index contributed by atoms with van der Waals surface area (Å²) in [4.78, 5) is 0. The Morgan fingerprint density at radius 2 is 0.783 bits per heavy atom. The molecule has 12 rings (SSSR count). The maximum absolute atomic E-state index is 2.47. The van der Waals surface area contributed by atoms with Gasteiger partial charge in [-0.25, -0.2) is 0 Å². The summed E-state index contributed by atoms with van der Waals surface area (Å²) in [6.07, 6.45) is 0. The molecule has 0 atom stereocenters. The first kappa shape index (κ1) is 34.1. The van der Waals surface area contributed by atoms with Crippen LogP contribution in [-0.2, 0) is 0 Å². The molecule has 0 saturated heterocycles. The van der Waals surface area contributed by atoms with Crippen LogP contribution in [0.5, 0.6) is 0 Å². The van der Waals surface area contributed by atoms with E-state index in [-0.39, 0.29) is 0 Å². The van der Waals surface area contributed by atoms with Crippen molar-refractivity contribution in [2.24, 2.45) is 0 Å². The van der Waals surface area contributed by atoms with Crippen LogP contribution in [0, 0.1) is 0 Å². The monoisotopic (exact) mass is 762 g/mol. The van der Waals surface area contributed by atoms with Crippen LogP contribution in [0.1, 0.15) is 0 Å². The van der Waals surface area contributed by atoms with Crippen LogP contribution in [0.4, 0.5) is 0 Å². The summed E-state index contributed by atoms with van der Waals surface area (Å²) in [5.74, 6) is 0. The fourth-order valence-electron chi connectivity index (χ4n) is 9.52. The first-order valence-electron chi connectivity index (χ1n) is 20.7. The average molecular weight is 763 g/mol. The van der Waals surface area contributed by atoms with Crippen molar-refractivity contribution in [3.63, 3.8) is 0 Å². The minimum absolute atomic E-state index is 1.15. The largest absolute Gasteiger partial charge is 0.309 e. The number of hydrogen-bond donors (Lipinski definition) is 0. The highest BCUT2D eigenvalue weighted by atomic mass is 15.0. The van der Waals surface area contributed by atoms with E-state index in [4.69, 9.17) is 0 Å². The molecule has 0 aliphatic heterocycles. The van der Waals surface area contributed by atoms with Crippen molar-refractivity contribution in [2.75, 3.05) is 0 Å². The van der Waals surface area contributed by atoms with Crippen molar-refractivity contribution in [1.82, 2.24) is 9.13 Å². The van der Waals surface area contributed by atoms with Crippen molar-refractivity contribution in [1.29, 1.82) is 0 Å².